The predicted molar refractivity (Wildman–Crippen MR) is 120 cm³/mol. The third-order valence-electron chi connectivity index (χ3n) is 5.32. The quantitative estimate of drug-likeness (QED) is 0.212. The zero-order valence-electron chi connectivity index (χ0n) is 17.8. The number of hydrogen-bond acceptors (Lipinski definition) is 3. The standard InChI is InChI=1S/C23H45NO2.ClH/c1-2-3-4-5-6-7-8-9-10-11-12-13-14-15-16-17-18-26-21-22-19-23(25)20-24-22;/h9-10,22-25H,2-8,11-21H2,1H3;1H/b10-9+;/t22-,23+;/m0./s1. The van der Waals surface area contributed by atoms with Crippen LogP contribution < -0.4 is 5.32 Å². The number of aliphatic hydroxyl groups is 1. The van der Waals surface area contributed by atoms with Crippen molar-refractivity contribution in [1.82, 2.24) is 5.32 Å². The van der Waals surface area contributed by atoms with Crippen LogP contribution in [0.4, 0.5) is 0 Å². The van der Waals surface area contributed by atoms with Gasteiger partial charge in [-0.15, -0.1) is 12.4 Å². The van der Waals surface area contributed by atoms with E-state index in [1.54, 1.807) is 0 Å². The Morgan fingerprint density at radius 2 is 1.41 bits per heavy atom. The normalized spacial score (nSPS) is 19.6. The summed E-state index contributed by atoms with van der Waals surface area (Å²) in [5, 5.41) is 12.7. The van der Waals surface area contributed by atoms with Crippen molar-refractivity contribution in [2.45, 2.75) is 115 Å². The lowest BCUT2D eigenvalue weighted by Crippen LogP contribution is -2.26. The highest BCUT2D eigenvalue weighted by atomic mass is 35.5. The van der Waals surface area contributed by atoms with Gasteiger partial charge in [0.05, 0.1) is 12.7 Å². The zero-order valence-corrected chi connectivity index (χ0v) is 18.6. The molecular formula is C23H46ClNO2. The van der Waals surface area contributed by atoms with Gasteiger partial charge < -0.3 is 15.2 Å². The third-order valence-corrected chi connectivity index (χ3v) is 5.32. The minimum absolute atomic E-state index is 0. The van der Waals surface area contributed by atoms with Crippen LogP contribution in [-0.4, -0.2) is 37.0 Å². The Hall–Kier alpha value is -0.0900. The lowest BCUT2D eigenvalue weighted by molar-refractivity contribution is 0.107. The molecule has 3 nitrogen and oxygen atoms in total. The lowest BCUT2D eigenvalue weighted by Gasteiger charge is -2.10. The topological polar surface area (TPSA) is 41.5 Å². The number of halogens is 1. The van der Waals surface area contributed by atoms with E-state index in [9.17, 15) is 5.11 Å². The van der Waals surface area contributed by atoms with E-state index in [4.69, 9.17) is 4.74 Å². The molecular weight excluding hydrogens is 358 g/mol. The van der Waals surface area contributed by atoms with Crippen LogP contribution in [0, 0.1) is 0 Å². The smallest absolute Gasteiger partial charge is 0.0680 e. The molecule has 0 aromatic heterocycles. The molecule has 4 heteroatoms. The Bertz CT molecular complexity index is 326. The SMILES string of the molecule is CCCCCCCC/C=C/CCCCCCCCOC[C@@H]1C[C@@H](O)CN1.Cl. The number of nitrogens with one attached hydrogen (secondary N) is 1. The van der Waals surface area contributed by atoms with Crippen LogP contribution in [0.2, 0.25) is 0 Å². The first kappa shape index (κ1) is 26.9. The monoisotopic (exact) mass is 403 g/mol. The van der Waals surface area contributed by atoms with Crippen LogP contribution in [-0.2, 0) is 4.74 Å². The molecule has 2 atom stereocenters. The highest BCUT2D eigenvalue weighted by Crippen LogP contribution is 2.10. The molecule has 0 spiro atoms. The summed E-state index contributed by atoms with van der Waals surface area (Å²) in [4.78, 5) is 0. The van der Waals surface area contributed by atoms with E-state index in [-0.39, 0.29) is 18.5 Å². The van der Waals surface area contributed by atoms with Gasteiger partial charge in [-0.05, 0) is 38.5 Å². The largest absolute Gasteiger partial charge is 0.392 e. The Morgan fingerprint density at radius 1 is 0.852 bits per heavy atom. The van der Waals surface area contributed by atoms with Gasteiger partial charge in [-0.2, -0.15) is 0 Å². The summed E-state index contributed by atoms with van der Waals surface area (Å²) in [6.45, 7) is 4.63. The first-order chi connectivity index (χ1) is 12.8. The molecule has 1 heterocycles. The van der Waals surface area contributed by atoms with Gasteiger partial charge in [-0.3, -0.25) is 0 Å². The lowest BCUT2D eigenvalue weighted by atomic mass is 10.1. The average molecular weight is 404 g/mol. The van der Waals surface area contributed by atoms with Gasteiger partial charge >= 0.3 is 0 Å². The maximum atomic E-state index is 9.43. The zero-order chi connectivity index (χ0) is 18.7. The Balaban J connectivity index is 0.00000676. The van der Waals surface area contributed by atoms with Gasteiger partial charge in [0.2, 0.25) is 0 Å². The van der Waals surface area contributed by atoms with Crippen LogP contribution in [0.5, 0.6) is 0 Å². The third kappa shape index (κ3) is 17.7. The number of aliphatic hydroxyl groups excluding tert-OH is 1. The number of allylic oxidation sites excluding steroid dienone is 2. The fraction of sp³-hybridized carbons (Fsp3) is 0.913. The Morgan fingerprint density at radius 3 is 1.96 bits per heavy atom. The van der Waals surface area contributed by atoms with E-state index >= 15 is 0 Å². The Kier molecular flexibility index (Phi) is 20.6. The minimum atomic E-state index is -0.172. The Labute approximate surface area is 175 Å². The summed E-state index contributed by atoms with van der Waals surface area (Å²) in [7, 11) is 0. The van der Waals surface area contributed by atoms with Gasteiger partial charge in [0, 0.05) is 19.2 Å². The minimum Gasteiger partial charge on any atom is -0.392 e. The molecule has 162 valence electrons. The molecule has 1 aliphatic heterocycles. The molecule has 0 amide bonds. The van der Waals surface area contributed by atoms with Gasteiger partial charge in [-0.25, -0.2) is 0 Å². The van der Waals surface area contributed by atoms with Gasteiger partial charge in [0.25, 0.3) is 0 Å². The van der Waals surface area contributed by atoms with Crippen LogP contribution >= 0.6 is 12.4 Å². The molecule has 0 aliphatic carbocycles. The van der Waals surface area contributed by atoms with Crippen molar-refractivity contribution < 1.29 is 9.84 Å². The fourth-order valence-electron chi connectivity index (χ4n) is 3.60. The fourth-order valence-corrected chi connectivity index (χ4v) is 3.60. The number of β-amino-alcohol motifs (C(OH)–C–C–N with tert-alkyl or cyclic N) is 1. The van der Waals surface area contributed by atoms with E-state index in [1.807, 2.05) is 0 Å². The van der Waals surface area contributed by atoms with Crippen molar-refractivity contribution in [2.24, 2.45) is 0 Å². The van der Waals surface area contributed by atoms with Crippen LogP contribution in [0.25, 0.3) is 0 Å². The second-order valence-electron chi connectivity index (χ2n) is 8.01. The van der Waals surface area contributed by atoms with Crippen LogP contribution in [0.1, 0.15) is 103 Å². The molecule has 0 unspecified atom stereocenters. The van der Waals surface area contributed by atoms with Crippen molar-refractivity contribution in [2.75, 3.05) is 19.8 Å². The molecule has 0 saturated carbocycles. The summed E-state index contributed by atoms with van der Waals surface area (Å²) >= 11 is 0. The second kappa shape index (κ2) is 20.6. The molecule has 0 radical (unpaired) electrons. The molecule has 0 bridgehead atoms. The number of hydrogen-bond donors (Lipinski definition) is 2. The van der Waals surface area contributed by atoms with Gasteiger partial charge in [0.1, 0.15) is 0 Å². The molecule has 1 fully saturated rings. The summed E-state index contributed by atoms with van der Waals surface area (Å²) in [5.74, 6) is 0. The van der Waals surface area contributed by atoms with Crippen molar-refractivity contribution >= 4 is 12.4 Å². The van der Waals surface area contributed by atoms with Gasteiger partial charge in [-0.1, -0.05) is 76.9 Å². The van der Waals surface area contributed by atoms with Gasteiger partial charge in [0.15, 0.2) is 0 Å². The average Bonchev–Trinajstić information content (AvgIpc) is 3.06. The summed E-state index contributed by atoms with van der Waals surface area (Å²) in [6, 6.07) is 0.360. The number of ether oxygens (including phenoxy) is 1. The van der Waals surface area contributed by atoms with E-state index in [0.717, 1.165) is 26.2 Å². The molecule has 1 saturated heterocycles. The maximum absolute atomic E-state index is 9.43. The van der Waals surface area contributed by atoms with E-state index in [2.05, 4.69) is 24.4 Å². The summed E-state index contributed by atoms with van der Waals surface area (Å²) in [6.07, 6.45) is 24.3. The molecule has 1 aliphatic rings. The van der Waals surface area contributed by atoms with Crippen molar-refractivity contribution in [1.29, 1.82) is 0 Å². The molecule has 2 N–H and O–H groups in total. The summed E-state index contributed by atoms with van der Waals surface area (Å²) in [5.41, 5.74) is 0. The highest BCUT2D eigenvalue weighted by molar-refractivity contribution is 5.85. The first-order valence-corrected chi connectivity index (χ1v) is 11.5. The molecule has 0 aromatic carbocycles. The van der Waals surface area contributed by atoms with Crippen LogP contribution in [0.15, 0.2) is 12.2 Å². The van der Waals surface area contributed by atoms with Crippen LogP contribution in [0.3, 0.4) is 0 Å². The second-order valence-corrected chi connectivity index (χ2v) is 8.01. The van der Waals surface area contributed by atoms with Crippen molar-refractivity contribution in [3.8, 4) is 0 Å². The van der Waals surface area contributed by atoms with E-state index < -0.39 is 0 Å². The van der Waals surface area contributed by atoms with Crippen molar-refractivity contribution in [3.05, 3.63) is 12.2 Å². The summed E-state index contributed by atoms with van der Waals surface area (Å²) < 4.78 is 5.70. The first-order valence-electron chi connectivity index (χ1n) is 11.5. The molecule has 27 heavy (non-hydrogen) atoms. The number of rotatable bonds is 18. The van der Waals surface area contributed by atoms with Crippen molar-refractivity contribution in [3.63, 3.8) is 0 Å². The van der Waals surface area contributed by atoms with E-state index in [0.29, 0.717) is 6.04 Å². The molecule has 1 rings (SSSR count). The highest BCUT2D eigenvalue weighted by Gasteiger charge is 2.21. The number of unbranched alkanes of at least 4 members (excludes halogenated alkanes) is 12. The predicted octanol–water partition coefficient (Wildman–Crippen LogP) is 6.19. The molecule has 0 aromatic rings. The van der Waals surface area contributed by atoms with E-state index in [1.165, 1.54) is 89.9 Å². The maximum Gasteiger partial charge on any atom is 0.0680 e.